The van der Waals surface area contributed by atoms with Crippen LogP contribution in [0.2, 0.25) is 0 Å². The zero-order valence-corrected chi connectivity index (χ0v) is 10.5. The Kier molecular flexibility index (Phi) is 3.31. The van der Waals surface area contributed by atoms with E-state index in [2.05, 4.69) is 22.3 Å². The van der Waals surface area contributed by atoms with Gasteiger partial charge in [-0.3, -0.25) is 0 Å². The highest BCUT2D eigenvalue weighted by atomic mass is 32.2. The van der Waals surface area contributed by atoms with Gasteiger partial charge in [-0.15, -0.1) is 11.8 Å². The van der Waals surface area contributed by atoms with Crippen LogP contribution in [0, 0.1) is 0 Å². The summed E-state index contributed by atoms with van der Waals surface area (Å²) in [6, 6.07) is 8.12. The van der Waals surface area contributed by atoms with E-state index in [-0.39, 0.29) is 6.54 Å². The van der Waals surface area contributed by atoms with Crippen LogP contribution < -0.4 is 5.73 Å². The highest BCUT2D eigenvalue weighted by Crippen LogP contribution is 2.29. The van der Waals surface area contributed by atoms with E-state index >= 15 is 0 Å². The third-order valence-electron chi connectivity index (χ3n) is 2.67. The fourth-order valence-electron chi connectivity index (χ4n) is 1.61. The molecule has 1 fully saturated rings. The van der Waals surface area contributed by atoms with Gasteiger partial charge in [-0.05, 0) is 24.3 Å². The van der Waals surface area contributed by atoms with Crippen LogP contribution >= 0.6 is 11.8 Å². The largest absolute Gasteiger partial charge is 0.379 e. The van der Waals surface area contributed by atoms with Crippen molar-refractivity contribution in [2.75, 3.05) is 13.2 Å². The van der Waals surface area contributed by atoms with Gasteiger partial charge in [0, 0.05) is 10.5 Å². The maximum Gasteiger partial charge on any atom is 0.240 e. The van der Waals surface area contributed by atoms with E-state index < -0.39 is 0 Å². The number of aromatic nitrogens is 2. The van der Waals surface area contributed by atoms with E-state index in [9.17, 15) is 0 Å². The van der Waals surface area contributed by atoms with Crippen molar-refractivity contribution in [2.24, 2.45) is 5.73 Å². The van der Waals surface area contributed by atoms with Gasteiger partial charge in [0.15, 0.2) is 0 Å². The molecule has 2 aromatic rings. The SMILES string of the molecule is NCc1nc(-c2ccc(SC3COC3)cc2)no1. The number of ether oxygens (including phenoxy) is 1. The Balaban J connectivity index is 1.73. The Morgan fingerprint density at radius 3 is 2.61 bits per heavy atom. The molecule has 0 saturated carbocycles. The molecule has 0 bridgehead atoms. The third-order valence-corrected chi connectivity index (χ3v) is 3.82. The van der Waals surface area contributed by atoms with Crippen LogP contribution in [-0.4, -0.2) is 28.6 Å². The maximum absolute atomic E-state index is 5.43. The highest BCUT2D eigenvalue weighted by molar-refractivity contribution is 8.00. The van der Waals surface area contributed by atoms with Crippen LogP contribution in [0.25, 0.3) is 11.4 Å². The molecule has 0 spiro atoms. The molecule has 0 radical (unpaired) electrons. The summed E-state index contributed by atoms with van der Waals surface area (Å²) in [5.74, 6) is 1.04. The average molecular weight is 263 g/mol. The first-order valence-corrected chi connectivity index (χ1v) is 6.60. The fourth-order valence-corrected chi connectivity index (χ4v) is 2.62. The lowest BCUT2D eigenvalue weighted by Crippen LogP contribution is -2.29. The predicted molar refractivity (Wildman–Crippen MR) is 68.1 cm³/mol. The molecule has 18 heavy (non-hydrogen) atoms. The molecule has 2 N–H and O–H groups in total. The van der Waals surface area contributed by atoms with Gasteiger partial charge in [0.05, 0.1) is 25.0 Å². The quantitative estimate of drug-likeness (QED) is 0.904. The van der Waals surface area contributed by atoms with Gasteiger partial charge < -0.3 is 15.0 Å². The molecule has 1 saturated heterocycles. The summed E-state index contributed by atoms with van der Waals surface area (Å²) in [5, 5.41) is 4.47. The van der Waals surface area contributed by atoms with Crippen LogP contribution in [0.3, 0.4) is 0 Å². The molecule has 0 unspecified atom stereocenters. The number of hydrogen-bond acceptors (Lipinski definition) is 6. The van der Waals surface area contributed by atoms with Gasteiger partial charge in [0.2, 0.25) is 11.7 Å². The lowest BCUT2D eigenvalue weighted by molar-refractivity contribution is 0.0455. The van der Waals surface area contributed by atoms with Gasteiger partial charge in [-0.2, -0.15) is 4.98 Å². The molecule has 1 aromatic carbocycles. The number of rotatable bonds is 4. The summed E-state index contributed by atoms with van der Waals surface area (Å²) in [4.78, 5) is 5.42. The minimum atomic E-state index is 0.266. The van der Waals surface area contributed by atoms with Crippen LogP contribution in [0.15, 0.2) is 33.7 Å². The Labute approximate surface area is 109 Å². The van der Waals surface area contributed by atoms with Crippen molar-refractivity contribution < 1.29 is 9.26 Å². The molecule has 0 aliphatic carbocycles. The molecule has 1 aliphatic rings. The minimum Gasteiger partial charge on any atom is -0.379 e. The van der Waals surface area contributed by atoms with Crippen LogP contribution in [0.5, 0.6) is 0 Å². The molecular weight excluding hydrogens is 250 g/mol. The number of hydrogen-bond donors (Lipinski definition) is 1. The highest BCUT2D eigenvalue weighted by Gasteiger charge is 2.19. The molecule has 1 aromatic heterocycles. The van der Waals surface area contributed by atoms with E-state index in [4.69, 9.17) is 15.0 Å². The number of thioether (sulfide) groups is 1. The third kappa shape index (κ3) is 2.40. The first-order chi connectivity index (χ1) is 8.85. The second-order valence-corrected chi connectivity index (χ2v) is 5.39. The van der Waals surface area contributed by atoms with Crippen molar-refractivity contribution >= 4 is 11.8 Å². The summed E-state index contributed by atoms with van der Waals surface area (Å²) >= 11 is 1.83. The number of benzene rings is 1. The van der Waals surface area contributed by atoms with E-state index in [0.717, 1.165) is 18.8 Å². The lowest BCUT2D eigenvalue weighted by Gasteiger charge is -2.25. The van der Waals surface area contributed by atoms with Crippen molar-refractivity contribution in [3.8, 4) is 11.4 Å². The van der Waals surface area contributed by atoms with E-state index in [1.165, 1.54) is 4.90 Å². The molecule has 3 rings (SSSR count). The van der Waals surface area contributed by atoms with Gasteiger partial charge in [-0.1, -0.05) is 5.16 Å². The molecule has 2 heterocycles. The summed E-state index contributed by atoms with van der Waals surface area (Å²) in [5.41, 5.74) is 6.37. The maximum atomic E-state index is 5.43. The van der Waals surface area contributed by atoms with Gasteiger partial charge in [-0.25, -0.2) is 0 Å². The molecule has 0 atom stereocenters. The van der Waals surface area contributed by atoms with E-state index in [1.54, 1.807) is 0 Å². The predicted octanol–water partition coefficient (Wildman–Crippen LogP) is 1.69. The van der Waals surface area contributed by atoms with Crippen molar-refractivity contribution in [3.05, 3.63) is 30.2 Å². The molecule has 1 aliphatic heterocycles. The van der Waals surface area contributed by atoms with Crippen LogP contribution in [0.4, 0.5) is 0 Å². The van der Waals surface area contributed by atoms with Gasteiger partial charge in [0.25, 0.3) is 0 Å². The number of nitrogens with two attached hydrogens (primary N) is 1. The monoisotopic (exact) mass is 263 g/mol. The van der Waals surface area contributed by atoms with Crippen LogP contribution in [0.1, 0.15) is 5.89 Å². The molecule has 94 valence electrons. The summed E-state index contributed by atoms with van der Waals surface area (Å²) in [6.07, 6.45) is 0. The summed E-state index contributed by atoms with van der Waals surface area (Å²) in [6.45, 7) is 1.96. The molecular formula is C12H13N3O2S. The smallest absolute Gasteiger partial charge is 0.240 e. The zero-order chi connectivity index (χ0) is 12.4. The van der Waals surface area contributed by atoms with Crippen molar-refractivity contribution in [2.45, 2.75) is 16.7 Å². The van der Waals surface area contributed by atoms with Crippen molar-refractivity contribution in [1.29, 1.82) is 0 Å². The second-order valence-electron chi connectivity index (χ2n) is 4.02. The normalized spacial score (nSPS) is 15.6. The van der Waals surface area contributed by atoms with Gasteiger partial charge in [0.1, 0.15) is 0 Å². The van der Waals surface area contributed by atoms with E-state index in [1.807, 2.05) is 23.9 Å². The van der Waals surface area contributed by atoms with Gasteiger partial charge >= 0.3 is 0 Å². The molecule has 6 heteroatoms. The standard InChI is InChI=1S/C12H13N3O2S/c13-5-11-14-12(15-17-11)8-1-3-9(4-2-8)18-10-6-16-7-10/h1-4,10H,5-7,13H2. The summed E-state index contributed by atoms with van der Waals surface area (Å²) < 4.78 is 10.1. The zero-order valence-electron chi connectivity index (χ0n) is 9.70. The second kappa shape index (κ2) is 5.09. The Morgan fingerprint density at radius 1 is 1.28 bits per heavy atom. The first-order valence-electron chi connectivity index (χ1n) is 5.72. The first kappa shape index (κ1) is 11.7. The molecule has 5 nitrogen and oxygen atoms in total. The lowest BCUT2D eigenvalue weighted by atomic mass is 10.2. The van der Waals surface area contributed by atoms with E-state index in [0.29, 0.717) is 17.0 Å². The minimum absolute atomic E-state index is 0.266. The Hall–Kier alpha value is -1.37. The average Bonchev–Trinajstić information content (AvgIpc) is 2.83. The van der Waals surface area contributed by atoms with Crippen molar-refractivity contribution in [1.82, 2.24) is 10.1 Å². The Morgan fingerprint density at radius 2 is 2.06 bits per heavy atom. The summed E-state index contributed by atoms with van der Waals surface area (Å²) in [7, 11) is 0. The fraction of sp³-hybridized carbons (Fsp3) is 0.333. The molecule has 0 amide bonds. The number of nitrogens with zero attached hydrogens (tertiary/aromatic N) is 2. The van der Waals surface area contributed by atoms with Crippen molar-refractivity contribution in [3.63, 3.8) is 0 Å². The topological polar surface area (TPSA) is 74.2 Å². The Bertz CT molecular complexity index is 522. The van der Waals surface area contributed by atoms with Crippen LogP contribution in [-0.2, 0) is 11.3 Å².